The Labute approximate surface area is 158 Å². The van der Waals surface area contributed by atoms with E-state index in [0.29, 0.717) is 18.8 Å². The van der Waals surface area contributed by atoms with Gasteiger partial charge in [-0.05, 0) is 31.6 Å². The monoisotopic (exact) mass is 373 g/mol. The van der Waals surface area contributed by atoms with Crippen LogP contribution in [0.5, 0.6) is 0 Å². The average Bonchev–Trinajstić information content (AvgIpc) is 3.39. The first-order chi connectivity index (χ1) is 13.1. The van der Waals surface area contributed by atoms with Crippen molar-refractivity contribution < 1.29 is 14.4 Å². The van der Waals surface area contributed by atoms with Crippen molar-refractivity contribution in [2.45, 2.75) is 56.9 Å². The molecule has 1 saturated carbocycles. The first kappa shape index (κ1) is 18.0. The fourth-order valence-corrected chi connectivity index (χ4v) is 4.63. The maximum Gasteiger partial charge on any atom is 0.325 e. The van der Waals surface area contributed by atoms with Crippen LogP contribution in [-0.4, -0.2) is 62.8 Å². The normalized spacial score (nSPS) is 22.7. The van der Waals surface area contributed by atoms with E-state index in [1.165, 1.54) is 4.90 Å². The molecule has 4 amide bonds. The summed E-state index contributed by atoms with van der Waals surface area (Å²) in [6, 6.07) is -0.341. The van der Waals surface area contributed by atoms with E-state index >= 15 is 0 Å². The van der Waals surface area contributed by atoms with Crippen molar-refractivity contribution >= 4 is 17.8 Å². The van der Waals surface area contributed by atoms with Gasteiger partial charge in [0.15, 0.2) is 0 Å². The minimum atomic E-state index is -0.690. The molecule has 1 spiro atoms. The SMILES string of the molecule is O=C(CCN1C(=O)NC2(CCCC2)C1=O)N1CCC(Cc2ncc[nH]2)CC1. The second-order valence-electron chi connectivity index (χ2n) is 7.99. The molecule has 27 heavy (non-hydrogen) atoms. The van der Waals surface area contributed by atoms with E-state index in [0.717, 1.165) is 51.0 Å². The lowest BCUT2D eigenvalue weighted by Crippen LogP contribution is -2.44. The highest BCUT2D eigenvalue weighted by atomic mass is 16.2. The Morgan fingerprint density at radius 2 is 1.96 bits per heavy atom. The zero-order valence-corrected chi connectivity index (χ0v) is 15.6. The third-order valence-electron chi connectivity index (χ3n) is 6.26. The highest BCUT2D eigenvalue weighted by Crippen LogP contribution is 2.35. The van der Waals surface area contributed by atoms with Gasteiger partial charge in [-0.3, -0.25) is 14.5 Å². The van der Waals surface area contributed by atoms with Crippen LogP contribution in [0.25, 0.3) is 0 Å². The molecular formula is C19H27N5O3. The van der Waals surface area contributed by atoms with Crippen LogP contribution in [0.2, 0.25) is 0 Å². The summed E-state index contributed by atoms with van der Waals surface area (Å²) < 4.78 is 0. The summed E-state index contributed by atoms with van der Waals surface area (Å²) in [6.45, 7) is 1.64. The van der Waals surface area contributed by atoms with Gasteiger partial charge in [0, 0.05) is 44.9 Å². The van der Waals surface area contributed by atoms with Crippen molar-refractivity contribution in [2.24, 2.45) is 5.92 Å². The maximum atomic E-state index is 12.6. The number of imide groups is 1. The predicted octanol–water partition coefficient (Wildman–Crippen LogP) is 1.45. The predicted molar refractivity (Wildman–Crippen MR) is 97.7 cm³/mol. The third-order valence-corrected chi connectivity index (χ3v) is 6.26. The van der Waals surface area contributed by atoms with Gasteiger partial charge in [0.2, 0.25) is 5.91 Å². The van der Waals surface area contributed by atoms with Gasteiger partial charge in [-0.15, -0.1) is 0 Å². The molecule has 2 saturated heterocycles. The Morgan fingerprint density at radius 3 is 2.63 bits per heavy atom. The van der Waals surface area contributed by atoms with Crippen molar-refractivity contribution in [2.75, 3.05) is 19.6 Å². The lowest BCUT2D eigenvalue weighted by molar-refractivity contribution is -0.134. The highest BCUT2D eigenvalue weighted by Gasteiger charge is 2.52. The molecule has 8 heteroatoms. The molecule has 4 rings (SSSR count). The smallest absolute Gasteiger partial charge is 0.325 e. The fourth-order valence-electron chi connectivity index (χ4n) is 4.63. The number of urea groups is 1. The summed E-state index contributed by atoms with van der Waals surface area (Å²) in [6.07, 6.45) is 9.99. The Kier molecular flexibility index (Phi) is 4.88. The first-order valence-electron chi connectivity index (χ1n) is 9.97. The van der Waals surface area contributed by atoms with E-state index in [4.69, 9.17) is 0 Å². The average molecular weight is 373 g/mol. The first-order valence-corrected chi connectivity index (χ1v) is 9.97. The van der Waals surface area contributed by atoms with Crippen LogP contribution in [0.4, 0.5) is 4.79 Å². The van der Waals surface area contributed by atoms with Gasteiger partial charge in [-0.25, -0.2) is 9.78 Å². The lowest BCUT2D eigenvalue weighted by Gasteiger charge is -2.32. The number of nitrogens with one attached hydrogen (secondary N) is 2. The van der Waals surface area contributed by atoms with Crippen LogP contribution in [-0.2, 0) is 16.0 Å². The van der Waals surface area contributed by atoms with E-state index in [1.54, 1.807) is 6.20 Å². The number of imidazole rings is 1. The molecule has 3 heterocycles. The number of carbonyl (C=O) groups is 3. The van der Waals surface area contributed by atoms with Crippen molar-refractivity contribution in [3.63, 3.8) is 0 Å². The molecule has 2 N–H and O–H groups in total. The number of rotatable bonds is 5. The molecule has 3 fully saturated rings. The van der Waals surface area contributed by atoms with Gasteiger partial charge in [0.25, 0.3) is 5.91 Å². The molecular weight excluding hydrogens is 346 g/mol. The van der Waals surface area contributed by atoms with Gasteiger partial charge in [0.05, 0.1) is 0 Å². The minimum absolute atomic E-state index is 0.0272. The van der Waals surface area contributed by atoms with Crippen LogP contribution in [0, 0.1) is 5.92 Å². The third kappa shape index (κ3) is 3.57. The summed E-state index contributed by atoms with van der Waals surface area (Å²) in [4.78, 5) is 47.9. The summed E-state index contributed by atoms with van der Waals surface area (Å²) in [5, 5.41) is 2.86. The van der Waals surface area contributed by atoms with Gasteiger partial charge < -0.3 is 15.2 Å². The van der Waals surface area contributed by atoms with Gasteiger partial charge >= 0.3 is 6.03 Å². The molecule has 0 unspecified atom stereocenters. The largest absolute Gasteiger partial charge is 0.349 e. The maximum absolute atomic E-state index is 12.6. The van der Waals surface area contributed by atoms with Crippen LogP contribution in [0.15, 0.2) is 12.4 Å². The second-order valence-corrected chi connectivity index (χ2v) is 7.99. The van der Waals surface area contributed by atoms with Crippen LogP contribution < -0.4 is 5.32 Å². The summed E-state index contributed by atoms with van der Waals surface area (Å²) in [5.74, 6) is 1.42. The zero-order chi connectivity index (χ0) is 18.9. The number of hydrogen-bond acceptors (Lipinski definition) is 4. The Hall–Kier alpha value is -2.38. The molecule has 146 valence electrons. The van der Waals surface area contributed by atoms with Crippen molar-refractivity contribution in [1.82, 2.24) is 25.1 Å². The van der Waals surface area contributed by atoms with E-state index < -0.39 is 5.54 Å². The number of likely N-dealkylation sites (tertiary alicyclic amines) is 1. The lowest BCUT2D eigenvalue weighted by atomic mass is 9.93. The molecule has 3 aliphatic rings. The summed E-state index contributed by atoms with van der Waals surface area (Å²) in [7, 11) is 0. The number of H-pyrrole nitrogens is 1. The molecule has 1 aromatic rings. The van der Waals surface area contributed by atoms with Crippen molar-refractivity contribution in [3.8, 4) is 0 Å². The Morgan fingerprint density at radius 1 is 1.22 bits per heavy atom. The Bertz CT molecular complexity index is 703. The van der Waals surface area contributed by atoms with Gasteiger partial charge in [-0.2, -0.15) is 0 Å². The number of aromatic nitrogens is 2. The van der Waals surface area contributed by atoms with Gasteiger partial charge in [0.1, 0.15) is 11.4 Å². The number of aromatic amines is 1. The topological polar surface area (TPSA) is 98.4 Å². The van der Waals surface area contributed by atoms with Crippen LogP contribution in [0.1, 0.15) is 50.8 Å². The number of carbonyl (C=O) groups excluding carboxylic acids is 3. The van der Waals surface area contributed by atoms with E-state index in [2.05, 4.69) is 15.3 Å². The molecule has 0 bridgehead atoms. The molecule has 1 aromatic heterocycles. The van der Waals surface area contributed by atoms with Gasteiger partial charge in [-0.1, -0.05) is 12.8 Å². The van der Waals surface area contributed by atoms with Crippen LogP contribution in [0.3, 0.4) is 0 Å². The molecule has 8 nitrogen and oxygen atoms in total. The Balaban J connectivity index is 1.24. The zero-order valence-electron chi connectivity index (χ0n) is 15.6. The highest BCUT2D eigenvalue weighted by molar-refractivity contribution is 6.07. The second kappa shape index (κ2) is 7.32. The molecule has 2 aliphatic heterocycles. The number of nitrogens with zero attached hydrogens (tertiary/aromatic N) is 3. The van der Waals surface area contributed by atoms with Crippen molar-refractivity contribution in [1.29, 1.82) is 0 Å². The number of hydrogen-bond donors (Lipinski definition) is 2. The molecule has 0 aromatic carbocycles. The van der Waals surface area contributed by atoms with Crippen LogP contribution >= 0.6 is 0 Å². The number of piperidine rings is 1. The van der Waals surface area contributed by atoms with E-state index in [1.807, 2.05) is 11.1 Å². The summed E-state index contributed by atoms with van der Waals surface area (Å²) >= 11 is 0. The van der Waals surface area contributed by atoms with E-state index in [9.17, 15) is 14.4 Å². The quantitative estimate of drug-likeness (QED) is 0.763. The minimum Gasteiger partial charge on any atom is -0.349 e. The summed E-state index contributed by atoms with van der Waals surface area (Å²) in [5.41, 5.74) is -0.690. The van der Waals surface area contributed by atoms with Crippen molar-refractivity contribution in [3.05, 3.63) is 18.2 Å². The molecule has 0 radical (unpaired) electrons. The standard InChI is InChI=1S/C19H27N5O3/c25-16(23-10-3-14(4-11-23)13-15-20-8-9-21-15)5-12-24-17(26)19(22-18(24)27)6-1-2-7-19/h8-9,14H,1-7,10-13H2,(H,20,21)(H,22,27). The van der Waals surface area contributed by atoms with E-state index in [-0.39, 0.29) is 30.8 Å². The molecule has 0 atom stereocenters. The number of amides is 4. The fraction of sp³-hybridized carbons (Fsp3) is 0.684. The molecule has 1 aliphatic carbocycles.